The van der Waals surface area contributed by atoms with Crippen LogP contribution >= 0.6 is 11.3 Å². The van der Waals surface area contributed by atoms with Crippen LogP contribution in [0.1, 0.15) is 99.0 Å². The first-order valence-corrected chi connectivity index (χ1v) is 16.8. The molecule has 1 aromatic carbocycles. The molecule has 4 rings (SSSR count). The summed E-state index contributed by atoms with van der Waals surface area (Å²) in [5.41, 5.74) is 5.86. The second-order valence-corrected chi connectivity index (χ2v) is 13.0. The van der Waals surface area contributed by atoms with E-state index in [1.807, 2.05) is 71.0 Å². The Hall–Kier alpha value is -3.78. The summed E-state index contributed by atoms with van der Waals surface area (Å²) in [4.78, 5) is 32.1. The number of urea groups is 1. The van der Waals surface area contributed by atoms with Gasteiger partial charge in [-0.3, -0.25) is 15.1 Å². The number of pyridine rings is 1. The second kappa shape index (κ2) is 17.6. The molecule has 1 saturated carbocycles. The first-order chi connectivity index (χ1) is 21.4. The van der Waals surface area contributed by atoms with Gasteiger partial charge in [0.15, 0.2) is 5.13 Å². The van der Waals surface area contributed by atoms with Crippen LogP contribution < -0.4 is 10.6 Å². The molecular formula is C37H52N4O3S. The molecule has 1 aliphatic carbocycles. The molecule has 244 valence electrons. The number of anilines is 1. The minimum absolute atomic E-state index is 0.258. The number of carbonyl (C=O) groups is 2. The van der Waals surface area contributed by atoms with Gasteiger partial charge in [-0.25, -0.2) is 9.78 Å². The summed E-state index contributed by atoms with van der Waals surface area (Å²) >= 11 is 1.44. The maximum Gasteiger partial charge on any atom is 0.321 e. The summed E-state index contributed by atoms with van der Waals surface area (Å²) in [6.45, 7) is 22.2. The monoisotopic (exact) mass is 632 g/mol. The van der Waals surface area contributed by atoms with Gasteiger partial charge < -0.3 is 10.4 Å². The number of fused-ring (bicyclic) bond motifs is 1. The Kier molecular flexibility index (Phi) is 14.7. The molecule has 0 unspecified atom stereocenters. The topological polar surface area (TPSA) is 104 Å². The van der Waals surface area contributed by atoms with E-state index in [1.54, 1.807) is 6.20 Å². The van der Waals surface area contributed by atoms with Gasteiger partial charge in [0.2, 0.25) is 0 Å². The molecule has 0 aliphatic heterocycles. The maximum atomic E-state index is 11.8. The van der Waals surface area contributed by atoms with Crippen molar-refractivity contribution >= 4 is 44.3 Å². The van der Waals surface area contributed by atoms with Crippen molar-refractivity contribution in [2.45, 2.75) is 93.4 Å². The SMILES string of the molecule is C=C(C)C.C=C/C(=C\C)c1cc(-c2ccccn2)c2sc(NC(=O)NCC)nc2c1.CCCC1(CCC)CC(CC)(C(=O)O)C1. The van der Waals surface area contributed by atoms with E-state index in [4.69, 9.17) is 0 Å². The smallest absolute Gasteiger partial charge is 0.321 e. The van der Waals surface area contributed by atoms with Crippen LogP contribution in [0, 0.1) is 10.8 Å². The zero-order valence-corrected chi connectivity index (χ0v) is 29.1. The van der Waals surface area contributed by atoms with Gasteiger partial charge in [0.25, 0.3) is 0 Å². The number of nitrogens with one attached hydrogen (secondary N) is 2. The summed E-state index contributed by atoms with van der Waals surface area (Å²) in [5, 5.41) is 15.3. The maximum absolute atomic E-state index is 11.8. The van der Waals surface area contributed by atoms with E-state index < -0.39 is 5.97 Å². The van der Waals surface area contributed by atoms with Crippen molar-refractivity contribution in [1.29, 1.82) is 0 Å². The summed E-state index contributed by atoms with van der Waals surface area (Å²) < 4.78 is 0.985. The Bertz CT molecular complexity index is 1460. The van der Waals surface area contributed by atoms with Gasteiger partial charge in [-0.2, -0.15) is 0 Å². The minimum Gasteiger partial charge on any atom is -0.481 e. The number of allylic oxidation sites excluding steroid dienone is 4. The zero-order valence-electron chi connectivity index (χ0n) is 28.3. The normalized spacial score (nSPS) is 14.5. The second-order valence-electron chi connectivity index (χ2n) is 12.0. The molecule has 45 heavy (non-hydrogen) atoms. The van der Waals surface area contributed by atoms with Gasteiger partial charge >= 0.3 is 12.0 Å². The highest BCUT2D eigenvalue weighted by Crippen LogP contribution is 2.61. The fourth-order valence-electron chi connectivity index (χ4n) is 6.15. The number of nitrogens with zero attached hydrogens (tertiary/aromatic N) is 2. The van der Waals surface area contributed by atoms with Crippen molar-refractivity contribution < 1.29 is 14.7 Å². The molecule has 0 spiro atoms. The molecule has 7 nitrogen and oxygen atoms in total. The van der Waals surface area contributed by atoms with Gasteiger partial charge in [-0.15, -0.1) is 6.58 Å². The number of benzene rings is 1. The highest BCUT2D eigenvalue weighted by Gasteiger charge is 2.56. The molecule has 2 aromatic heterocycles. The fourth-order valence-corrected chi connectivity index (χ4v) is 7.11. The Balaban J connectivity index is 0.000000314. The third kappa shape index (κ3) is 10.1. The first kappa shape index (κ1) is 37.4. The summed E-state index contributed by atoms with van der Waals surface area (Å²) in [5.74, 6) is -0.576. The van der Waals surface area contributed by atoms with Crippen molar-refractivity contribution in [1.82, 2.24) is 15.3 Å². The lowest BCUT2D eigenvalue weighted by atomic mass is 9.49. The average Bonchev–Trinajstić information content (AvgIpc) is 3.38. The van der Waals surface area contributed by atoms with E-state index in [9.17, 15) is 14.7 Å². The number of thiazole rings is 1. The Morgan fingerprint density at radius 2 is 1.73 bits per heavy atom. The predicted molar refractivity (Wildman–Crippen MR) is 192 cm³/mol. The van der Waals surface area contributed by atoms with Gasteiger partial charge in [-0.05, 0) is 101 Å². The lowest BCUT2D eigenvalue weighted by molar-refractivity contribution is -0.168. The number of carbonyl (C=O) groups excluding carboxylic acids is 1. The molecule has 2 amide bonds. The van der Waals surface area contributed by atoms with E-state index in [0.29, 0.717) is 17.1 Å². The van der Waals surface area contributed by atoms with Gasteiger partial charge in [0.1, 0.15) is 0 Å². The molecule has 3 aromatic rings. The van der Waals surface area contributed by atoms with Crippen molar-refractivity contribution in [3.63, 3.8) is 0 Å². The number of hydrogen-bond donors (Lipinski definition) is 3. The number of amides is 2. The largest absolute Gasteiger partial charge is 0.481 e. The van der Waals surface area contributed by atoms with Crippen LogP contribution in [0.4, 0.5) is 9.93 Å². The van der Waals surface area contributed by atoms with Crippen LogP contribution in [-0.2, 0) is 4.79 Å². The third-order valence-corrected chi connectivity index (χ3v) is 8.99. The van der Waals surface area contributed by atoms with Crippen LogP contribution in [0.2, 0.25) is 0 Å². The highest BCUT2D eigenvalue weighted by atomic mass is 32.1. The van der Waals surface area contributed by atoms with Crippen molar-refractivity contribution in [2.75, 3.05) is 11.9 Å². The van der Waals surface area contributed by atoms with E-state index in [2.05, 4.69) is 53.7 Å². The number of carboxylic acid groups (broad SMARTS) is 1. The molecule has 3 N–H and O–H groups in total. The highest BCUT2D eigenvalue weighted by molar-refractivity contribution is 7.22. The van der Waals surface area contributed by atoms with Gasteiger partial charge in [-0.1, -0.05) is 75.3 Å². The fraction of sp³-hybridized carbons (Fsp3) is 0.459. The number of hydrogen-bond acceptors (Lipinski definition) is 5. The molecule has 0 bridgehead atoms. The van der Waals surface area contributed by atoms with Gasteiger partial charge in [0.05, 0.1) is 21.3 Å². The Labute approximate surface area is 274 Å². The van der Waals surface area contributed by atoms with Crippen molar-refractivity contribution in [3.8, 4) is 11.3 Å². The average molecular weight is 633 g/mol. The Morgan fingerprint density at radius 3 is 2.20 bits per heavy atom. The molecule has 0 radical (unpaired) electrons. The molecule has 2 heterocycles. The van der Waals surface area contributed by atoms with E-state index >= 15 is 0 Å². The molecule has 0 saturated heterocycles. The van der Waals surface area contributed by atoms with Crippen LogP contribution in [0.15, 0.2) is 67.4 Å². The van der Waals surface area contributed by atoms with E-state index in [-0.39, 0.29) is 11.4 Å². The lowest BCUT2D eigenvalue weighted by Crippen LogP contribution is -2.50. The van der Waals surface area contributed by atoms with Crippen LogP contribution in [0.25, 0.3) is 27.0 Å². The Morgan fingerprint density at radius 1 is 1.09 bits per heavy atom. The zero-order chi connectivity index (χ0) is 33.6. The van der Waals surface area contributed by atoms with E-state index in [1.165, 1.54) is 42.6 Å². The van der Waals surface area contributed by atoms with Crippen molar-refractivity contribution in [3.05, 3.63) is 73.0 Å². The van der Waals surface area contributed by atoms with Gasteiger partial charge in [0, 0.05) is 18.3 Å². The molecule has 8 heteroatoms. The number of carboxylic acids is 1. The van der Waals surface area contributed by atoms with Crippen molar-refractivity contribution in [2.24, 2.45) is 10.8 Å². The standard InChI is InChI=1S/C20H20N4OS.C13H24O2.C4H8/c1-4-13(5-2)14-11-15(16-9-7-8-10-22-16)18-17(12-14)23-20(26-18)24-19(25)21-6-3;1-4-7-12(8-5-2)9-13(6-3,10-12)11(14)15;1-4(2)3/h4-5,7-12H,1,6H2,2-3H3,(H2,21,23,24,25);4-10H2,1-3H3,(H,14,15);1H2,2-3H3/b13-5+;;. The van der Waals surface area contributed by atoms with Crippen LogP contribution in [0.5, 0.6) is 0 Å². The lowest BCUT2D eigenvalue weighted by Gasteiger charge is -2.54. The summed E-state index contributed by atoms with van der Waals surface area (Å²) in [6, 6.07) is 9.67. The minimum atomic E-state index is -0.576. The quantitative estimate of drug-likeness (QED) is 0.144. The number of rotatable bonds is 11. The van der Waals surface area contributed by atoms with Crippen LogP contribution in [-0.4, -0.2) is 33.6 Å². The molecule has 1 aliphatic rings. The van der Waals surface area contributed by atoms with E-state index in [0.717, 1.165) is 51.9 Å². The predicted octanol–water partition coefficient (Wildman–Crippen LogP) is 10.5. The summed E-state index contributed by atoms with van der Waals surface area (Å²) in [7, 11) is 0. The molecule has 0 atom stereocenters. The molecular weight excluding hydrogens is 580 g/mol. The first-order valence-electron chi connectivity index (χ1n) is 16.0. The number of aromatic nitrogens is 2. The molecule has 1 fully saturated rings. The third-order valence-electron chi connectivity index (χ3n) is 7.97. The number of aliphatic carboxylic acids is 1. The van der Waals surface area contributed by atoms with Crippen LogP contribution in [0.3, 0.4) is 0 Å². The summed E-state index contributed by atoms with van der Waals surface area (Å²) in [6.07, 6.45) is 13.0.